The molecule has 0 atom stereocenters. The van der Waals surface area contributed by atoms with E-state index in [9.17, 15) is 24.5 Å². The van der Waals surface area contributed by atoms with Gasteiger partial charge in [-0.05, 0) is 48.4 Å². The Morgan fingerprint density at radius 1 is 1.28 bits per heavy atom. The number of fused-ring (bicyclic) bond motifs is 1. The van der Waals surface area contributed by atoms with Gasteiger partial charge in [0, 0.05) is 10.6 Å². The van der Waals surface area contributed by atoms with Gasteiger partial charge in [0.05, 0.1) is 21.5 Å². The Kier molecular flexibility index (Phi) is 6.06. The topological polar surface area (TPSA) is 128 Å². The minimum Gasteiger partial charge on any atom is -0.454 e. The second kappa shape index (κ2) is 8.93. The van der Waals surface area contributed by atoms with Gasteiger partial charge < -0.3 is 14.8 Å². The molecule has 2 aromatic rings. The number of nitro benzene ring substituents is 1. The second-order valence-electron chi connectivity index (χ2n) is 6.57. The minimum atomic E-state index is -0.708. The van der Waals surface area contributed by atoms with Crippen LogP contribution in [0.5, 0.6) is 11.5 Å². The Morgan fingerprint density at radius 3 is 2.75 bits per heavy atom. The third kappa shape index (κ3) is 4.41. The monoisotopic (exact) mass is 473 g/mol. The maximum atomic E-state index is 12.7. The van der Waals surface area contributed by atoms with Crippen LogP contribution in [0.25, 0.3) is 6.08 Å². The molecule has 0 unspecified atom stereocenters. The van der Waals surface area contributed by atoms with E-state index in [0.717, 1.165) is 9.80 Å². The van der Waals surface area contributed by atoms with Crippen molar-refractivity contribution in [2.45, 2.75) is 4.90 Å². The smallest absolute Gasteiger partial charge is 0.294 e. The predicted molar refractivity (Wildman–Crippen MR) is 119 cm³/mol. The zero-order valence-corrected chi connectivity index (χ0v) is 18.2. The molecule has 4 rings (SSSR count). The number of ether oxygens (including phenoxy) is 2. The van der Waals surface area contributed by atoms with Crippen molar-refractivity contribution in [1.29, 1.82) is 0 Å². The van der Waals surface area contributed by atoms with Crippen LogP contribution < -0.4 is 14.8 Å². The molecular weight excluding hydrogens is 458 g/mol. The third-order valence-corrected chi connectivity index (χ3v) is 6.17. The maximum absolute atomic E-state index is 12.7. The number of nitro groups is 1. The van der Waals surface area contributed by atoms with Crippen molar-refractivity contribution < 1.29 is 28.8 Å². The van der Waals surface area contributed by atoms with Gasteiger partial charge >= 0.3 is 0 Å². The molecule has 2 aromatic carbocycles. The molecule has 10 nitrogen and oxygen atoms in total. The number of nitrogens with zero attached hydrogens (tertiary/aromatic N) is 2. The van der Waals surface area contributed by atoms with Gasteiger partial charge in [-0.25, -0.2) is 0 Å². The van der Waals surface area contributed by atoms with Gasteiger partial charge in [-0.2, -0.15) is 0 Å². The summed E-state index contributed by atoms with van der Waals surface area (Å²) in [6.07, 6.45) is 3.14. The summed E-state index contributed by atoms with van der Waals surface area (Å²) in [6, 6.07) is 9.72. The molecular formula is C20H15N3O7S2. The summed E-state index contributed by atoms with van der Waals surface area (Å²) in [5.41, 5.74) is 0.330. The summed E-state index contributed by atoms with van der Waals surface area (Å²) in [6.45, 7) is -0.545. The average Bonchev–Trinajstić information content (AvgIpc) is 3.32. The molecule has 1 N–H and O–H groups in total. The van der Waals surface area contributed by atoms with Crippen molar-refractivity contribution >= 4 is 58.0 Å². The number of hydrogen-bond donors (Lipinski definition) is 1. The van der Waals surface area contributed by atoms with E-state index < -0.39 is 28.5 Å². The van der Waals surface area contributed by atoms with Crippen molar-refractivity contribution in [3.63, 3.8) is 0 Å². The molecule has 164 valence electrons. The number of hydrogen-bond acceptors (Lipinski definition) is 9. The Labute approximate surface area is 190 Å². The Hall–Kier alpha value is -3.51. The van der Waals surface area contributed by atoms with Crippen LogP contribution in [-0.2, 0) is 9.59 Å². The number of rotatable bonds is 6. The van der Waals surface area contributed by atoms with E-state index >= 15 is 0 Å². The highest BCUT2D eigenvalue weighted by molar-refractivity contribution is 8.18. The lowest BCUT2D eigenvalue weighted by Gasteiger charge is -2.12. The van der Waals surface area contributed by atoms with Crippen LogP contribution in [0.2, 0.25) is 0 Å². The van der Waals surface area contributed by atoms with E-state index in [4.69, 9.17) is 9.47 Å². The van der Waals surface area contributed by atoms with E-state index in [1.54, 1.807) is 18.2 Å². The van der Waals surface area contributed by atoms with Crippen molar-refractivity contribution in [2.24, 2.45) is 0 Å². The second-order valence-corrected chi connectivity index (χ2v) is 8.44. The van der Waals surface area contributed by atoms with Crippen LogP contribution in [0.1, 0.15) is 5.56 Å². The predicted octanol–water partition coefficient (Wildman–Crippen LogP) is 3.72. The lowest BCUT2D eigenvalue weighted by atomic mass is 10.1. The quantitative estimate of drug-likeness (QED) is 0.289. The van der Waals surface area contributed by atoms with Crippen molar-refractivity contribution in [2.75, 3.05) is 24.9 Å². The highest BCUT2D eigenvalue weighted by Gasteiger charge is 2.37. The molecule has 1 saturated heterocycles. The maximum Gasteiger partial charge on any atom is 0.294 e. The molecule has 0 aliphatic carbocycles. The molecule has 0 bridgehead atoms. The van der Waals surface area contributed by atoms with Crippen molar-refractivity contribution in [1.82, 2.24) is 4.90 Å². The van der Waals surface area contributed by atoms with E-state index in [-0.39, 0.29) is 28.7 Å². The molecule has 3 amide bonds. The van der Waals surface area contributed by atoms with Gasteiger partial charge in [-0.15, -0.1) is 11.8 Å². The van der Waals surface area contributed by atoms with Gasteiger partial charge in [0.2, 0.25) is 12.7 Å². The fourth-order valence-corrected chi connectivity index (χ4v) is 4.33. The van der Waals surface area contributed by atoms with Gasteiger partial charge in [0.1, 0.15) is 6.54 Å². The number of carbonyl (C=O) groups excluding carboxylic acids is 3. The lowest BCUT2D eigenvalue weighted by molar-refractivity contribution is -0.385. The standard InChI is InChI=1S/C20H15N3O7S2/c1-31-13-4-2-3-12(7-13)21-18(24)9-22-19(25)17(32-20(22)26)6-11-5-15-16(30-10-29-15)8-14(11)23(27)28/h2-8H,9-10H2,1H3,(H,21,24)/b17-6-. The molecule has 12 heteroatoms. The number of carbonyl (C=O) groups is 3. The van der Waals surface area contributed by atoms with Crippen LogP contribution >= 0.6 is 23.5 Å². The number of imide groups is 1. The largest absolute Gasteiger partial charge is 0.454 e. The summed E-state index contributed by atoms with van der Waals surface area (Å²) < 4.78 is 10.4. The zero-order chi connectivity index (χ0) is 22.8. The first-order valence-corrected chi connectivity index (χ1v) is 11.2. The van der Waals surface area contributed by atoms with E-state index in [0.29, 0.717) is 23.2 Å². The van der Waals surface area contributed by atoms with Crippen LogP contribution in [-0.4, -0.2) is 46.5 Å². The summed E-state index contributed by atoms with van der Waals surface area (Å²) >= 11 is 2.12. The first-order valence-electron chi connectivity index (χ1n) is 9.13. The molecule has 2 aliphatic heterocycles. The van der Waals surface area contributed by atoms with E-state index in [1.165, 1.54) is 30.0 Å². The Balaban J connectivity index is 1.52. The number of thioether (sulfide) groups is 2. The fraction of sp³-hybridized carbons (Fsp3) is 0.150. The third-order valence-electron chi connectivity index (χ3n) is 4.53. The van der Waals surface area contributed by atoms with E-state index in [1.807, 2.05) is 12.3 Å². The molecule has 0 radical (unpaired) electrons. The summed E-state index contributed by atoms with van der Waals surface area (Å²) in [5, 5.41) is 13.4. The molecule has 0 saturated carbocycles. The molecule has 2 heterocycles. The summed E-state index contributed by atoms with van der Waals surface area (Å²) in [7, 11) is 0. The van der Waals surface area contributed by atoms with Crippen LogP contribution in [0.4, 0.5) is 16.2 Å². The van der Waals surface area contributed by atoms with Gasteiger partial charge in [0.25, 0.3) is 16.8 Å². The summed E-state index contributed by atoms with van der Waals surface area (Å²) in [4.78, 5) is 50.0. The van der Waals surface area contributed by atoms with Gasteiger partial charge in [0.15, 0.2) is 11.5 Å². The molecule has 1 fully saturated rings. The first-order chi connectivity index (χ1) is 15.4. The summed E-state index contributed by atoms with van der Waals surface area (Å²) in [5.74, 6) is -0.724. The molecule has 0 spiro atoms. The van der Waals surface area contributed by atoms with Crippen LogP contribution in [0.3, 0.4) is 0 Å². The highest BCUT2D eigenvalue weighted by atomic mass is 32.2. The lowest BCUT2D eigenvalue weighted by Crippen LogP contribution is -2.36. The Bertz CT molecular complexity index is 1180. The average molecular weight is 473 g/mol. The van der Waals surface area contributed by atoms with Crippen molar-refractivity contribution in [3.05, 3.63) is 57.0 Å². The number of amides is 3. The highest BCUT2D eigenvalue weighted by Crippen LogP contribution is 2.40. The van der Waals surface area contributed by atoms with Crippen molar-refractivity contribution in [3.8, 4) is 11.5 Å². The van der Waals surface area contributed by atoms with Crippen LogP contribution in [0.15, 0.2) is 46.2 Å². The molecule has 0 aromatic heterocycles. The normalized spacial score (nSPS) is 16.0. The number of nitrogens with one attached hydrogen (secondary N) is 1. The van der Waals surface area contributed by atoms with Gasteiger partial charge in [-0.1, -0.05) is 6.07 Å². The number of anilines is 1. The SMILES string of the molecule is CSc1cccc(NC(=O)CN2C(=O)S/C(=C\c3cc4c(cc3[N+](=O)[O-])OCO4)C2=O)c1. The molecule has 32 heavy (non-hydrogen) atoms. The fourth-order valence-electron chi connectivity index (χ4n) is 3.04. The number of benzene rings is 2. The van der Waals surface area contributed by atoms with Gasteiger partial charge in [-0.3, -0.25) is 29.4 Å². The Morgan fingerprint density at radius 2 is 2.03 bits per heavy atom. The zero-order valence-electron chi connectivity index (χ0n) is 16.5. The first kappa shape index (κ1) is 21.7. The molecule has 2 aliphatic rings. The van der Waals surface area contributed by atoms with Crippen LogP contribution in [0, 0.1) is 10.1 Å². The minimum absolute atomic E-state index is 0.0332. The van der Waals surface area contributed by atoms with E-state index in [2.05, 4.69) is 5.32 Å².